The van der Waals surface area contributed by atoms with Gasteiger partial charge in [-0.2, -0.15) is 0 Å². The van der Waals surface area contributed by atoms with Gasteiger partial charge in [0, 0.05) is 11.6 Å². The highest BCUT2D eigenvalue weighted by Crippen LogP contribution is 2.27. The Morgan fingerprint density at radius 1 is 1.29 bits per heavy atom. The molecule has 0 spiro atoms. The molecule has 82 valence electrons. The Balaban J connectivity index is 2.48. The maximum Gasteiger partial charge on any atom is 0.189 e. The van der Waals surface area contributed by atoms with Crippen molar-refractivity contribution in [1.82, 2.24) is 5.32 Å². The molecule has 0 aromatic rings. The zero-order chi connectivity index (χ0) is 10.6. The summed E-state index contributed by atoms with van der Waals surface area (Å²) >= 11 is 0. The highest BCUT2D eigenvalue weighted by molar-refractivity contribution is 5.78. The first-order chi connectivity index (χ1) is 6.52. The largest absolute Gasteiger partial charge is 0.370 e. The van der Waals surface area contributed by atoms with Crippen molar-refractivity contribution < 1.29 is 0 Å². The number of nitrogens with zero attached hydrogens (tertiary/aromatic N) is 1. The third-order valence-electron chi connectivity index (χ3n) is 2.78. The fraction of sp³-hybridized carbons (Fsp3) is 0.909. The molecule has 0 saturated heterocycles. The van der Waals surface area contributed by atoms with Gasteiger partial charge in [-0.1, -0.05) is 19.3 Å². The van der Waals surface area contributed by atoms with Crippen LogP contribution in [-0.2, 0) is 0 Å². The number of nitrogens with one attached hydrogen (secondary N) is 1. The second kappa shape index (κ2) is 4.67. The SMILES string of the molecule is CC(C)N=C(N)NC1(C)CCCCC1. The number of hydrogen-bond acceptors (Lipinski definition) is 1. The van der Waals surface area contributed by atoms with E-state index >= 15 is 0 Å². The summed E-state index contributed by atoms with van der Waals surface area (Å²) in [6, 6.07) is 0.273. The average molecular weight is 197 g/mol. The average Bonchev–Trinajstić information content (AvgIpc) is 2.02. The lowest BCUT2D eigenvalue weighted by molar-refractivity contribution is 0.290. The zero-order valence-electron chi connectivity index (χ0n) is 9.64. The van der Waals surface area contributed by atoms with Gasteiger partial charge in [0.15, 0.2) is 5.96 Å². The van der Waals surface area contributed by atoms with E-state index in [1.54, 1.807) is 0 Å². The van der Waals surface area contributed by atoms with Crippen molar-refractivity contribution in [2.75, 3.05) is 0 Å². The Morgan fingerprint density at radius 2 is 1.86 bits per heavy atom. The summed E-state index contributed by atoms with van der Waals surface area (Å²) in [7, 11) is 0. The third kappa shape index (κ3) is 3.56. The van der Waals surface area contributed by atoms with Gasteiger partial charge in [-0.25, -0.2) is 0 Å². The van der Waals surface area contributed by atoms with Gasteiger partial charge in [-0.15, -0.1) is 0 Å². The fourth-order valence-corrected chi connectivity index (χ4v) is 2.08. The summed E-state index contributed by atoms with van der Waals surface area (Å²) in [6.07, 6.45) is 6.39. The molecule has 0 aliphatic heterocycles. The molecule has 1 aliphatic rings. The minimum absolute atomic E-state index is 0.181. The summed E-state index contributed by atoms with van der Waals surface area (Å²) in [4.78, 5) is 4.30. The normalized spacial score (nSPS) is 22.4. The Bertz CT molecular complexity index is 203. The fourth-order valence-electron chi connectivity index (χ4n) is 2.08. The topological polar surface area (TPSA) is 50.4 Å². The van der Waals surface area contributed by atoms with E-state index in [4.69, 9.17) is 5.73 Å². The highest BCUT2D eigenvalue weighted by Gasteiger charge is 2.26. The lowest BCUT2D eigenvalue weighted by Gasteiger charge is -2.35. The van der Waals surface area contributed by atoms with Crippen molar-refractivity contribution in [2.24, 2.45) is 10.7 Å². The predicted molar refractivity (Wildman–Crippen MR) is 61.4 cm³/mol. The van der Waals surface area contributed by atoms with Crippen molar-refractivity contribution in [3.8, 4) is 0 Å². The molecule has 0 atom stereocenters. The molecule has 0 bridgehead atoms. The standard InChI is InChI=1S/C11H23N3/c1-9(2)13-10(12)14-11(3)7-5-4-6-8-11/h9H,4-8H2,1-3H3,(H3,12,13,14). The summed E-state index contributed by atoms with van der Waals surface area (Å²) in [5.74, 6) is 0.601. The van der Waals surface area contributed by atoms with Crippen LogP contribution in [0.5, 0.6) is 0 Å². The highest BCUT2D eigenvalue weighted by atomic mass is 15.1. The van der Waals surface area contributed by atoms with Crippen LogP contribution in [-0.4, -0.2) is 17.5 Å². The van der Waals surface area contributed by atoms with Crippen LogP contribution in [0.2, 0.25) is 0 Å². The lowest BCUT2D eigenvalue weighted by Crippen LogP contribution is -2.50. The molecular weight excluding hydrogens is 174 g/mol. The summed E-state index contributed by atoms with van der Waals surface area (Å²) in [5.41, 5.74) is 6.01. The monoisotopic (exact) mass is 197 g/mol. The Kier molecular flexibility index (Phi) is 3.78. The van der Waals surface area contributed by atoms with Gasteiger partial charge in [0.2, 0.25) is 0 Å². The summed E-state index contributed by atoms with van der Waals surface area (Å²) in [6.45, 7) is 6.32. The number of nitrogens with two attached hydrogens (primary N) is 1. The van der Waals surface area contributed by atoms with E-state index in [0.717, 1.165) is 0 Å². The number of guanidine groups is 1. The molecule has 14 heavy (non-hydrogen) atoms. The quantitative estimate of drug-likeness (QED) is 0.525. The second-order valence-corrected chi connectivity index (χ2v) is 4.85. The van der Waals surface area contributed by atoms with Crippen LogP contribution in [0.4, 0.5) is 0 Å². The van der Waals surface area contributed by atoms with E-state index in [1.165, 1.54) is 32.1 Å². The number of rotatable bonds is 2. The molecule has 1 rings (SSSR count). The van der Waals surface area contributed by atoms with Crippen LogP contribution >= 0.6 is 0 Å². The Labute approximate surface area is 87.2 Å². The molecule has 1 fully saturated rings. The van der Waals surface area contributed by atoms with E-state index in [9.17, 15) is 0 Å². The van der Waals surface area contributed by atoms with Gasteiger partial charge < -0.3 is 11.1 Å². The molecule has 0 unspecified atom stereocenters. The number of aliphatic imine (C=N–C) groups is 1. The molecule has 3 heteroatoms. The van der Waals surface area contributed by atoms with Crippen molar-refractivity contribution >= 4 is 5.96 Å². The first kappa shape index (κ1) is 11.3. The third-order valence-corrected chi connectivity index (χ3v) is 2.78. The van der Waals surface area contributed by atoms with Crippen molar-refractivity contribution in [3.05, 3.63) is 0 Å². The van der Waals surface area contributed by atoms with Crippen LogP contribution in [0.15, 0.2) is 4.99 Å². The molecule has 0 radical (unpaired) electrons. The Hall–Kier alpha value is -0.730. The van der Waals surface area contributed by atoms with Gasteiger partial charge in [0.05, 0.1) is 0 Å². The van der Waals surface area contributed by atoms with Crippen molar-refractivity contribution in [2.45, 2.75) is 64.5 Å². The maximum absolute atomic E-state index is 5.83. The molecule has 0 heterocycles. The second-order valence-electron chi connectivity index (χ2n) is 4.85. The molecule has 3 N–H and O–H groups in total. The molecule has 0 amide bonds. The lowest BCUT2D eigenvalue weighted by atomic mass is 9.83. The molecule has 1 aliphatic carbocycles. The number of hydrogen-bond donors (Lipinski definition) is 2. The molecule has 1 saturated carbocycles. The van der Waals surface area contributed by atoms with Crippen LogP contribution in [0.3, 0.4) is 0 Å². The smallest absolute Gasteiger partial charge is 0.189 e. The van der Waals surface area contributed by atoms with Crippen molar-refractivity contribution in [3.63, 3.8) is 0 Å². The van der Waals surface area contributed by atoms with Crippen molar-refractivity contribution in [1.29, 1.82) is 0 Å². The van der Waals surface area contributed by atoms with Gasteiger partial charge in [-0.3, -0.25) is 4.99 Å². The predicted octanol–water partition coefficient (Wildman–Crippen LogP) is 2.02. The van der Waals surface area contributed by atoms with Gasteiger partial charge >= 0.3 is 0 Å². The zero-order valence-corrected chi connectivity index (χ0v) is 9.64. The summed E-state index contributed by atoms with van der Waals surface area (Å²) < 4.78 is 0. The van der Waals surface area contributed by atoms with Crippen LogP contribution in [0, 0.1) is 0 Å². The molecule has 0 aromatic heterocycles. The minimum atomic E-state index is 0.181. The van der Waals surface area contributed by atoms with Gasteiger partial charge in [0.1, 0.15) is 0 Å². The van der Waals surface area contributed by atoms with Crippen LogP contribution in [0.1, 0.15) is 52.9 Å². The van der Waals surface area contributed by atoms with E-state index in [-0.39, 0.29) is 11.6 Å². The van der Waals surface area contributed by atoms with Gasteiger partial charge in [-0.05, 0) is 33.6 Å². The summed E-state index contributed by atoms with van der Waals surface area (Å²) in [5, 5.41) is 3.35. The van der Waals surface area contributed by atoms with E-state index < -0.39 is 0 Å². The molecule has 3 nitrogen and oxygen atoms in total. The minimum Gasteiger partial charge on any atom is -0.370 e. The van der Waals surface area contributed by atoms with E-state index in [1.807, 2.05) is 13.8 Å². The van der Waals surface area contributed by atoms with Crippen LogP contribution in [0.25, 0.3) is 0 Å². The maximum atomic E-state index is 5.83. The first-order valence-corrected chi connectivity index (χ1v) is 5.63. The first-order valence-electron chi connectivity index (χ1n) is 5.63. The van der Waals surface area contributed by atoms with Gasteiger partial charge in [0.25, 0.3) is 0 Å². The van der Waals surface area contributed by atoms with E-state index in [2.05, 4.69) is 17.2 Å². The molecular formula is C11H23N3. The Morgan fingerprint density at radius 3 is 2.36 bits per heavy atom. The van der Waals surface area contributed by atoms with Crippen LogP contribution < -0.4 is 11.1 Å². The van der Waals surface area contributed by atoms with E-state index in [0.29, 0.717) is 5.96 Å². The molecule has 0 aromatic carbocycles.